The molecular weight excluding hydrogens is 449 g/mol. The first-order chi connectivity index (χ1) is 15.1. The van der Waals surface area contributed by atoms with Crippen molar-refractivity contribution in [2.45, 2.75) is 25.6 Å². The Kier molecular flexibility index (Phi) is 6.58. The lowest BCUT2D eigenvalue weighted by Gasteiger charge is -2.14. The molecule has 7 nitrogen and oxygen atoms in total. The van der Waals surface area contributed by atoms with Gasteiger partial charge in [0.15, 0.2) is 4.80 Å². The van der Waals surface area contributed by atoms with Gasteiger partial charge in [-0.05, 0) is 36.8 Å². The number of alkyl halides is 3. The number of carbonyl (C=O) groups is 2. The van der Waals surface area contributed by atoms with Crippen LogP contribution >= 0.6 is 11.3 Å². The normalized spacial score (nSPS) is 13.2. The van der Waals surface area contributed by atoms with E-state index < -0.39 is 29.7 Å². The van der Waals surface area contributed by atoms with Crippen molar-refractivity contribution in [3.8, 4) is 11.5 Å². The molecule has 32 heavy (non-hydrogen) atoms. The number of rotatable bonds is 6. The number of carbonyl (C=O) groups excluding carboxylic acids is 1. The van der Waals surface area contributed by atoms with Crippen LogP contribution in [0.4, 0.5) is 13.2 Å². The zero-order chi connectivity index (χ0) is 23.6. The topological polar surface area (TPSA) is 90.1 Å². The fraction of sp³-hybridized carbons (Fsp3) is 0.286. The number of thiazole rings is 1. The van der Waals surface area contributed by atoms with E-state index in [2.05, 4.69) is 4.99 Å². The van der Waals surface area contributed by atoms with E-state index in [0.717, 1.165) is 23.5 Å². The van der Waals surface area contributed by atoms with Crippen molar-refractivity contribution in [1.29, 1.82) is 0 Å². The number of halogens is 3. The van der Waals surface area contributed by atoms with Crippen LogP contribution in [0, 0.1) is 0 Å². The van der Waals surface area contributed by atoms with E-state index in [1.54, 1.807) is 13.0 Å². The Morgan fingerprint density at radius 2 is 1.75 bits per heavy atom. The number of hydrogen-bond donors (Lipinski definition) is 1. The van der Waals surface area contributed by atoms with Gasteiger partial charge in [0.05, 0.1) is 30.0 Å². The maximum absolute atomic E-state index is 13.2. The lowest BCUT2D eigenvalue weighted by Crippen LogP contribution is -2.27. The van der Waals surface area contributed by atoms with Gasteiger partial charge in [0, 0.05) is 11.6 Å². The Morgan fingerprint density at radius 1 is 1.12 bits per heavy atom. The third-order valence-electron chi connectivity index (χ3n) is 4.73. The second-order valence-electron chi connectivity index (χ2n) is 6.72. The fourth-order valence-electron chi connectivity index (χ4n) is 3.15. The molecule has 0 bridgehead atoms. The van der Waals surface area contributed by atoms with Gasteiger partial charge < -0.3 is 19.1 Å². The lowest BCUT2D eigenvalue weighted by atomic mass is 10.1. The molecule has 0 aliphatic rings. The summed E-state index contributed by atoms with van der Waals surface area (Å²) < 4.78 is 51.2. The summed E-state index contributed by atoms with van der Waals surface area (Å²) in [6, 6.07) is 6.30. The average Bonchev–Trinajstić information content (AvgIpc) is 3.09. The zero-order valence-corrected chi connectivity index (χ0v) is 18.1. The molecule has 1 amide bonds. The molecule has 0 fully saturated rings. The molecule has 3 rings (SSSR count). The molecule has 1 heterocycles. The van der Waals surface area contributed by atoms with Crippen LogP contribution in [0.2, 0.25) is 0 Å². The molecule has 1 atom stereocenters. The molecule has 0 saturated heterocycles. The number of carboxylic acids is 1. The minimum absolute atomic E-state index is 0.0274. The first-order valence-corrected chi connectivity index (χ1v) is 10.2. The van der Waals surface area contributed by atoms with E-state index in [1.165, 1.54) is 37.0 Å². The van der Waals surface area contributed by atoms with E-state index in [1.807, 2.05) is 0 Å². The predicted molar refractivity (Wildman–Crippen MR) is 111 cm³/mol. The number of fused-ring (bicyclic) bond motifs is 1. The third-order valence-corrected chi connectivity index (χ3v) is 5.75. The summed E-state index contributed by atoms with van der Waals surface area (Å²) in [6.45, 7) is 1.62. The largest absolute Gasteiger partial charge is 0.497 e. The van der Waals surface area contributed by atoms with Crippen molar-refractivity contribution < 1.29 is 37.3 Å². The Balaban J connectivity index is 2.25. The van der Waals surface area contributed by atoms with Crippen molar-refractivity contribution in [2.75, 3.05) is 14.2 Å². The van der Waals surface area contributed by atoms with Crippen LogP contribution in [0.15, 0.2) is 41.4 Å². The Bertz CT molecular complexity index is 1220. The summed E-state index contributed by atoms with van der Waals surface area (Å²) in [5, 5.41) is 9.64. The van der Waals surface area contributed by atoms with E-state index in [9.17, 15) is 27.9 Å². The zero-order valence-electron chi connectivity index (χ0n) is 17.3. The molecule has 0 aliphatic carbocycles. The van der Waals surface area contributed by atoms with Gasteiger partial charge in [-0.2, -0.15) is 18.2 Å². The van der Waals surface area contributed by atoms with Crippen molar-refractivity contribution in [3.05, 3.63) is 52.3 Å². The molecule has 170 valence electrons. The standard InChI is InChI=1S/C21H19F3N2O5S/c1-4-15(19(28)29)26-16-6-5-12(21(22,23)24)9-17(16)32-20(26)25-18(27)11-7-13(30-2)10-14(8-11)31-3/h5-10,15H,4H2,1-3H3,(H,28,29). The first-order valence-electron chi connectivity index (χ1n) is 9.36. The smallest absolute Gasteiger partial charge is 0.416 e. The SMILES string of the molecule is CCC(C(=O)O)n1c(=NC(=O)c2cc(OC)cc(OC)c2)sc2cc(C(F)(F)F)ccc21. The van der Waals surface area contributed by atoms with Crippen LogP contribution in [-0.4, -0.2) is 35.8 Å². The Labute approximate surface area is 184 Å². The molecule has 1 N–H and O–H groups in total. The van der Waals surface area contributed by atoms with E-state index in [-0.39, 0.29) is 27.0 Å². The van der Waals surface area contributed by atoms with Crippen molar-refractivity contribution in [3.63, 3.8) is 0 Å². The van der Waals surface area contributed by atoms with E-state index in [4.69, 9.17) is 9.47 Å². The van der Waals surface area contributed by atoms with Crippen LogP contribution in [0.1, 0.15) is 35.3 Å². The maximum atomic E-state index is 13.2. The number of amides is 1. The summed E-state index contributed by atoms with van der Waals surface area (Å²) in [5.74, 6) is -1.22. The summed E-state index contributed by atoms with van der Waals surface area (Å²) in [4.78, 5) is 28.7. The van der Waals surface area contributed by atoms with E-state index in [0.29, 0.717) is 11.5 Å². The molecule has 0 saturated carbocycles. The van der Waals surface area contributed by atoms with Crippen LogP contribution in [0.5, 0.6) is 11.5 Å². The number of benzene rings is 2. The van der Waals surface area contributed by atoms with Crippen LogP contribution in [0.3, 0.4) is 0 Å². The number of nitrogens with zero attached hydrogens (tertiary/aromatic N) is 2. The third kappa shape index (κ3) is 4.62. The van der Waals surface area contributed by atoms with Crippen molar-refractivity contribution >= 4 is 33.4 Å². The monoisotopic (exact) mass is 468 g/mol. The van der Waals surface area contributed by atoms with Crippen molar-refractivity contribution in [2.24, 2.45) is 4.99 Å². The van der Waals surface area contributed by atoms with Crippen molar-refractivity contribution in [1.82, 2.24) is 4.57 Å². The number of ether oxygens (including phenoxy) is 2. The number of hydrogen-bond acceptors (Lipinski definition) is 5. The molecule has 0 aliphatic heterocycles. The molecule has 1 aromatic heterocycles. The minimum Gasteiger partial charge on any atom is -0.497 e. The molecule has 1 unspecified atom stereocenters. The highest BCUT2D eigenvalue weighted by atomic mass is 32.1. The Hall–Kier alpha value is -3.34. The molecule has 0 spiro atoms. The second-order valence-corrected chi connectivity index (χ2v) is 7.72. The quantitative estimate of drug-likeness (QED) is 0.575. The fourth-order valence-corrected chi connectivity index (χ4v) is 4.26. The molecule has 0 radical (unpaired) electrons. The van der Waals surface area contributed by atoms with Gasteiger partial charge in [-0.1, -0.05) is 18.3 Å². The Morgan fingerprint density at radius 3 is 2.25 bits per heavy atom. The second kappa shape index (κ2) is 9.03. The summed E-state index contributed by atoms with van der Waals surface area (Å²) in [7, 11) is 2.83. The summed E-state index contributed by atoms with van der Waals surface area (Å²) >= 11 is 0.808. The molecular formula is C21H19F3N2O5S. The number of aromatic nitrogens is 1. The molecule has 3 aromatic rings. The van der Waals surface area contributed by atoms with Crippen LogP contribution < -0.4 is 14.3 Å². The number of methoxy groups -OCH3 is 2. The summed E-state index contributed by atoms with van der Waals surface area (Å²) in [6.07, 6.45) is -4.43. The minimum atomic E-state index is -4.57. The van der Waals surface area contributed by atoms with Gasteiger partial charge in [-0.3, -0.25) is 4.79 Å². The van der Waals surface area contributed by atoms with Gasteiger partial charge in [-0.15, -0.1) is 0 Å². The lowest BCUT2D eigenvalue weighted by molar-refractivity contribution is -0.141. The summed E-state index contributed by atoms with van der Waals surface area (Å²) in [5.41, 5.74) is -0.520. The predicted octanol–water partition coefficient (Wildman–Crippen LogP) is 4.52. The van der Waals surface area contributed by atoms with E-state index >= 15 is 0 Å². The van der Waals surface area contributed by atoms with Gasteiger partial charge in [0.1, 0.15) is 17.5 Å². The molecule has 2 aromatic carbocycles. The first kappa shape index (κ1) is 23.3. The molecule has 11 heteroatoms. The number of carboxylic acid groups (broad SMARTS) is 1. The average molecular weight is 468 g/mol. The maximum Gasteiger partial charge on any atom is 0.416 e. The van der Waals surface area contributed by atoms with Gasteiger partial charge >= 0.3 is 12.1 Å². The van der Waals surface area contributed by atoms with Gasteiger partial charge in [0.25, 0.3) is 5.91 Å². The van der Waals surface area contributed by atoms with Crippen LogP contribution in [0.25, 0.3) is 10.2 Å². The van der Waals surface area contributed by atoms with Gasteiger partial charge in [-0.25, -0.2) is 4.79 Å². The number of aliphatic carboxylic acids is 1. The van der Waals surface area contributed by atoms with Gasteiger partial charge in [0.2, 0.25) is 0 Å². The van der Waals surface area contributed by atoms with Crippen LogP contribution in [-0.2, 0) is 11.0 Å². The highest BCUT2D eigenvalue weighted by Crippen LogP contribution is 2.33. The highest BCUT2D eigenvalue weighted by Gasteiger charge is 2.31. The highest BCUT2D eigenvalue weighted by molar-refractivity contribution is 7.16.